The third kappa shape index (κ3) is 5.99. The van der Waals surface area contributed by atoms with Gasteiger partial charge < -0.3 is 9.47 Å². The first-order valence-corrected chi connectivity index (χ1v) is 7.85. The number of benzene rings is 1. The standard InChI is InChI=1S/C18H21F2NO3/c1-3-5-6-11-24-16-9-7-14(8-10-16)15(13-21)12-18(19,20)17(22)23-4-2/h7-10,12H,3-6,11H2,1-2H3/b15-12+. The van der Waals surface area contributed by atoms with Crippen LogP contribution in [0.15, 0.2) is 30.3 Å². The Labute approximate surface area is 140 Å². The van der Waals surface area contributed by atoms with Crippen LogP contribution in [0, 0.1) is 11.3 Å². The minimum atomic E-state index is -3.85. The molecule has 0 amide bonds. The van der Waals surface area contributed by atoms with Gasteiger partial charge in [0.2, 0.25) is 0 Å². The Morgan fingerprint density at radius 1 is 1.25 bits per heavy atom. The lowest BCUT2D eigenvalue weighted by atomic mass is 10.0. The number of esters is 1. The van der Waals surface area contributed by atoms with Gasteiger partial charge in [-0.25, -0.2) is 4.79 Å². The van der Waals surface area contributed by atoms with Crippen molar-refractivity contribution in [2.75, 3.05) is 13.2 Å². The number of unbranched alkanes of at least 4 members (excludes halogenated alkanes) is 2. The molecule has 0 aromatic heterocycles. The van der Waals surface area contributed by atoms with E-state index in [1.165, 1.54) is 19.1 Å². The number of nitriles is 1. The van der Waals surface area contributed by atoms with Crippen LogP contribution in [0.25, 0.3) is 5.57 Å². The molecular weight excluding hydrogens is 316 g/mol. The smallest absolute Gasteiger partial charge is 0.381 e. The second-order valence-electron chi connectivity index (χ2n) is 5.09. The fraction of sp³-hybridized carbons (Fsp3) is 0.444. The zero-order valence-corrected chi connectivity index (χ0v) is 13.9. The summed E-state index contributed by atoms with van der Waals surface area (Å²) in [5.74, 6) is -4.92. The normalized spacial score (nSPS) is 11.7. The monoisotopic (exact) mass is 337 g/mol. The number of carbonyl (C=O) groups excluding carboxylic acids is 1. The number of hydrogen-bond acceptors (Lipinski definition) is 4. The fourth-order valence-corrected chi connectivity index (χ4v) is 1.92. The summed E-state index contributed by atoms with van der Waals surface area (Å²) in [6.07, 6.45) is 3.42. The van der Waals surface area contributed by atoms with E-state index in [1.54, 1.807) is 18.2 Å². The van der Waals surface area contributed by atoms with Crippen LogP contribution in [0.3, 0.4) is 0 Å². The molecular formula is C18H21F2NO3. The van der Waals surface area contributed by atoms with E-state index >= 15 is 0 Å². The Kier molecular flexibility index (Phi) is 7.90. The SMILES string of the molecule is CCCCCOc1ccc(/C(C#N)=C/C(F)(F)C(=O)OCC)cc1. The van der Waals surface area contributed by atoms with Gasteiger partial charge in [0, 0.05) is 6.08 Å². The number of allylic oxidation sites excluding steroid dienone is 1. The first-order chi connectivity index (χ1) is 11.4. The van der Waals surface area contributed by atoms with Gasteiger partial charge in [-0.2, -0.15) is 14.0 Å². The summed E-state index contributed by atoms with van der Waals surface area (Å²) in [6, 6.07) is 7.91. The number of ether oxygens (including phenoxy) is 2. The van der Waals surface area contributed by atoms with E-state index < -0.39 is 11.9 Å². The predicted octanol–water partition coefficient (Wildman–Crippen LogP) is 4.36. The molecule has 0 aliphatic carbocycles. The molecule has 0 bridgehead atoms. The Hall–Kier alpha value is -2.42. The summed E-state index contributed by atoms with van der Waals surface area (Å²) in [6.45, 7) is 3.95. The highest BCUT2D eigenvalue weighted by atomic mass is 19.3. The third-order valence-corrected chi connectivity index (χ3v) is 3.18. The highest BCUT2D eigenvalue weighted by molar-refractivity contribution is 5.86. The van der Waals surface area contributed by atoms with E-state index in [1.807, 2.05) is 0 Å². The van der Waals surface area contributed by atoms with Crippen molar-refractivity contribution in [2.24, 2.45) is 0 Å². The Bertz CT molecular complexity index is 604. The average Bonchev–Trinajstić information content (AvgIpc) is 2.57. The van der Waals surface area contributed by atoms with Crippen molar-refractivity contribution < 1.29 is 23.0 Å². The Morgan fingerprint density at radius 2 is 1.92 bits per heavy atom. The van der Waals surface area contributed by atoms with Gasteiger partial charge in [0.15, 0.2) is 0 Å². The second kappa shape index (κ2) is 9.66. The number of carbonyl (C=O) groups is 1. The minimum Gasteiger partial charge on any atom is -0.494 e. The van der Waals surface area contributed by atoms with Crippen molar-refractivity contribution in [3.8, 4) is 11.8 Å². The van der Waals surface area contributed by atoms with Crippen LogP contribution in [0.1, 0.15) is 38.7 Å². The molecule has 0 unspecified atom stereocenters. The Morgan fingerprint density at radius 3 is 2.46 bits per heavy atom. The molecule has 0 N–H and O–H groups in total. The molecule has 0 atom stereocenters. The number of hydrogen-bond donors (Lipinski definition) is 0. The van der Waals surface area contributed by atoms with E-state index in [4.69, 9.17) is 10.00 Å². The minimum absolute atomic E-state index is 0.159. The molecule has 4 nitrogen and oxygen atoms in total. The number of alkyl halides is 2. The molecule has 0 aliphatic heterocycles. The van der Waals surface area contributed by atoms with Gasteiger partial charge in [-0.1, -0.05) is 19.8 Å². The lowest BCUT2D eigenvalue weighted by Gasteiger charge is -2.11. The number of halogens is 2. The zero-order chi connectivity index (χ0) is 18.0. The van der Waals surface area contributed by atoms with E-state index in [-0.39, 0.29) is 17.7 Å². The average molecular weight is 337 g/mol. The van der Waals surface area contributed by atoms with Crippen LogP contribution in [0.5, 0.6) is 5.75 Å². The van der Waals surface area contributed by atoms with Gasteiger partial charge in [-0.05, 0) is 43.2 Å². The van der Waals surface area contributed by atoms with Gasteiger partial charge in [-0.3, -0.25) is 0 Å². The van der Waals surface area contributed by atoms with Gasteiger partial charge in [0.1, 0.15) is 5.75 Å². The van der Waals surface area contributed by atoms with E-state index in [0.29, 0.717) is 18.4 Å². The second-order valence-corrected chi connectivity index (χ2v) is 5.09. The quantitative estimate of drug-likeness (QED) is 0.382. The van der Waals surface area contributed by atoms with Crippen LogP contribution in [0.4, 0.5) is 8.78 Å². The molecule has 0 spiro atoms. The van der Waals surface area contributed by atoms with Crippen LogP contribution >= 0.6 is 0 Å². The molecule has 1 rings (SSSR count). The summed E-state index contributed by atoms with van der Waals surface area (Å²) in [5, 5.41) is 9.09. The maximum Gasteiger partial charge on any atom is 0.381 e. The summed E-state index contributed by atoms with van der Waals surface area (Å²) in [4.78, 5) is 11.2. The largest absolute Gasteiger partial charge is 0.494 e. The van der Waals surface area contributed by atoms with Crippen molar-refractivity contribution in [3.63, 3.8) is 0 Å². The lowest BCUT2D eigenvalue weighted by Crippen LogP contribution is -2.28. The van der Waals surface area contributed by atoms with Gasteiger partial charge in [-0.15, -0.1) is 0 Å². The molecule has 0 aliphatic rings. The van der Waals surface area contributed by atoms with Crippen molar-refractivity contribution in [1.82, 2.24) is 0 Å². The molecule has 24 heavy (non-hydrogen) atoms. The topological polar surface area (TPSA) is 59.3 Å². The van der Waals surface area contributed by atoms with Crippen LogP contribution in [0.2, 0.25) is 0 Å². The molecule has 0 radical (unpaired) electrons. The molecule has 0 saturated carbocycles. The maximum absolute atomic E-state index is 13.7. The van der Waals surface area contributed by atoms with Crippen LogP contribution in [-0.4, -0.2) is 25.1 Å². The maximum atomic E-state index is 13.7. The lowest BCUT2D eigenvalue weighted by molar-refractivity contribution is -0.164. The van der Waals surface area contributed by atoms with Crippen molar-refractivity contribution in [2.45, 2.75) is 39.0 Å². The van der Waals surface area contributed by atoms with E-state index in [0.717, 1.165) is 19.3 Å². The fourth-order valence-electron chi connectivity index (χ4n) is 1.92. The summed E-state index contributed by atoms with van der Waals surface area (Å²) in [7, 11) is 0. The predicted molar refractivity (Wildman–Crippen MR) is 86.6 cm³/mol. The third-order valence-electron chi connectivity index (χ3n) is 3.18. The Balaban J connectivity index is 2.84. The zero-order valence-electron chi connectivity index (χ0n) is 13.9. The van der Waals surface area contributed by atoms with Crippen molar-refractivity contribution in [3.05, 3.63) is 35.9 Å². The number of rotatable bonds is 9. The molecule has 0 saturated heterocycles. The van der Waals surface area contributed by atoms with Crippen molar-refractivity contribution >= 4 is 11.5 Å². The van der Waals surface area contributed by atoms with Gasteiger partial charge >= 0.3 is 11.9 Å². The molecule has 6 heteroatoms. The van der Waals surface area contributed by atoms with Gasteiger partial charge in [0.25, 0.3) is 0 Å². The van der Waals surface area contributed by atoms with E-state index in [2.05, 4.69) is 11.7 Å². The van der Waals surface area contributed by atoms with Crippen LogP contribution < -0.4 is 4.74 Å². The van der Waals surface area contributed by atoms with Crippen LogP contribution in [-0.2, 0) is 9.53 Å². The molecule has 1 aromatic carbocycles. The molecule has 130 valence electrons. The first-order valence-electron chi connectivity index (χ1n) is 7.85. The summed E-state index contributed by atoms with van der Waals surface area (Å²) < 4.78 is 37.3. The first kappa shape index (κ1) is 19.6. The highest BCUT2D eigenvalue weighted by Gasteiger charge is 2.38. The molecule has 1 aromatic rings. The van der Waals surface area contributed by atoms with E-state index in [9.17, 15) is 13.6 Å². The highest BCUT2D eigenvalue weighted by Crippen LogP contribution is 2.25. The molecule has 0 fully saturated rings. The molecule has 0 heterocycles. The summed E-state index contributed by atoms with van der Waals surface area (Å²) in [5.41, 5.74) is -0.0204. The van der Waals surface area contributed by atoms with Crippen molar-refractivity contribution in [1.29, 1.82) is 5.26 Å². The van der Waals surface area contributed by atoms with Gasteiger partial charge in [0.05, 0.1) is 24.9 Å². The number of nitrogens with zero attached hydrogens (tertiary/aromatic N) is 1. The summed E-state index contributed by atoms with van der Waals surface area (Å²) >= 11 is 0.